The number of carbonyl (C=O) groups excluding carboxylic acids is 1. The topological polar surface area (TPSA) is 79.3 Å². The monoisotopic (exact) mass is 314 g/mol. The van der Waals surface area contributed by atoms with Crippen molar-refractivity contribution >= 4 is 22.8 Å². The Kier molecular flexibility index (Phi) is 4.98. The molecular weight excluding hydrogens is 292 g/mol. The minimum Gasteiger partial charge on any atom is -0.481 e. The quantitative estimate of drug-likeness (QED) is 0.857. The van der Waals surface area contributed by atoms with Crippen LogP contribution in [0.3, 0.4) is 0 Å². The molecule has 5 nitrogen and oxygen atoms in total. The number of amides is 1. The molecule has 0 aliphatic rings. The smallest absolute Gasteiger partial charge is 0.305 e. The van der Waals surface area contributed by atoms with E-state index in [4.69, 9.17) is 5.11 Å². The number of hydrogen-bond acceptors (Lipinski definition) is 3. The molecule has 23 heavy (non-hydrogen) atoms. The molecule has 2 N–H and O–H groups in total. The average molecular weight is 314 g/mol. The Bertz CT molecular complexity index is 736. The number of carboxylic acid groups (broad SMARTS) is 1. The van der Waals surface area contributed by atoms with E-state index >= 15 is 0 Å². The molecule has 0 aliphatic carbocycles. The summed E-state index contributed by atoms with van der Waals surface area (Å²) in [5.74, 6) is -1.17. The van der Waals surface area contributed by atoms with Crippen molar-refractivity contribution in [3.63, 3.8) is 0 Å². The maximum atomic E-state index is 12.8. The van der Waals surface area contributed by atoms with E-state index in [1.807, 2.05) is 45.0 Å². The normalized spacial score (nSPS) is 11.4. The van der Waals surface area contributed by atoms with Gasteiger partial charge in [0.25, 0.3) is 5.91 Å². The minimum absolute atomic E-state index is 0.0895. The highest BCUT2D eigenvalue weighted by Crippen LogP contribution is 2.23. The summed E-state index contributed by atoms with van der Waals surface area (Å²) in [7, 11) is 0. The molecule has 2 aromatic rings. The van der Waals surface area contributed by atoms with Gasteiger partial charge in [-0.2, -0.15) is 0 Å². The highest BCUT2D eigenvalue weighted by atomic mass is 16.4. The highest BCUT2D eigenvalue weighted by molar-refractivity contribution is 6.06. The summed E-state index contributed by atoms with van der Waals surface area (Å²) < 4.78 is 0. The first-order valence-electron chi connectivity index (χ1n) is 7.81. The number of rotatable bonds is 6. The van der Waals surface area contributed by atoms with Gasteiger partial charge in [0.05, 0.1) is 23.0 Å². The van der Waals surface area contributed by atoms with E-state index in [9.17, 15) is 9.59 Å². The molecule has 1 amide bonds. The number of pyridine rings is 1. The number of benzene rings is 1. The lowest BCUT2D eigenvalue weighted by Crippen LogP contribution is -2.49. The number of nitrogens with zero attached hydrogens (tertiary/aromatic N) is 1. The SMILES string of the molecule is CCC(CC)(CC(=O)O)NC(=O)c1cc(C)nc2ccccc12. The van der Waals surface area contributed by atoms with Crippen LogP contribution in [0.15, 0.2) is 30.3 Å². The van der Waals surface area contributed by atoms with Gasteiger partial charge >= 0.3 is 5.97 Å². The standard InChI is InChI=1S/C18H22N2O3/c1-4-18(5-2,11-16(21)22)20-17(23)14-10-12(3)19-15-9-7-6-8-13(14)15/h6-10H,4-5,11H2,1-3H3,(H,20,23)(H,21,22). The van der Waals surface area contributed by atoms with Gasteiger partial charge in [-0.3, -0.25) is 14.6 Å². The molecule has 0 saturated carbocycles. The van der Waals surface area contributed by atoms with Crippen molar-refractivity contribution in [1.82, 2.24) is 10.3 Å². The molecule has 1 aromatic heterocycles. The van der Waals surface area contributed by atoms with Crippen molar-refractivity contribution < 1.29 is 14.7 Å². The third-order valence-corrected chi connectivity index (χ3v) is 4.31. The van der Waals surface area contributed by atoms with Crippen LogP contribution in [0.4, 0.5) is 0 Å². The van der Waals surface area contributed by atoms with E-state index in [0.717, 1.165) is 16.6 Å². The zero-order chi connectivity index (χ0) is 17.0. The van der Waals surface area contributed by atoms with E-state index in [1.54, 1.807) is 6.07 Å². The third kappa shape index (κ3) is 3.67. The molecule has 0 saturated heterocycles. The number of aromatic nitrogens is 1. The van der Waals surface area contributed by atoms with E-state index in [-0.39, 0.29) is 12.3 Å². The van der Waals surface area contributed by atoms with Crippen LogP contribution in [-0.4, -0.2) is 27.5 Å². The van der Waals surface area contributed by atoms with Gasteiger partial charge in [-0.15, -0.1) is 0 Å². The van der Waals surface area contributed by atoms with Crippen LogP contribution in [-0.2, 0) is 4.79 Å². The molecule has 122 valence electrons. The Morgan fingerprint density at radius 1 is 1.22 bits per heavy atom. The molecule has 0 spiro atoms. The van der Waals surface area contributed by atoms with Gasteiger partial charge in [0.15, 0.2) is 0 Å². The van der Waals surface area contributed by atoms with Crippen LogP contribution >= 0.6 is 0 Å². The van der Waals surface area contributed by atoms with Crippen molar-refractivity contribution in [2.45, 2.75) is 45.6 Å². The first-order chi connectivity index (χ1) is 10.9. The number of aliphatic carboxylic acids is 1. The summed E-state index contributed by atoms with van der Waals surface area (Å²) in [6.45, 7) is 5.62. The van der Waals surface area contributed by atoms with E-state index in [0.29, 0.717) is 18.4 Å². The first-order valence-corrected chi connectivity index (χ1v) is 7.81. The van der Waals surface area contributed by atoms with Gasteiger partial charge in [-0.05, 0) is 31.9 Å². The Balaban J connectivity index is 2.42. The first kappa shape index (κ1) is 16.9. The molecule has 0 unspecified atom stereocenters. The molecule has 0 radical (unpaired) electrons. The van der Waals surface area contributed by atoms with E-state index in [1.165, 1.54) is 0 Å². The van der Waals surface area contributed by atoms with Crippen molar-refractivity contribution in [1.29, 1.82) is 0 Å². The van der Waals surface area contributed by atoms with Gasteiger partial charge in [-0.25, -0.2) is 0 Å². The number of hydrogen-bond donors (Lipinski definition) is 2. The fraction of sp³-hybridized carbons (Fsp3) is 0.389. The number of para-hydroxylation sites is 1. The summed E-state index contributed by atoms with van der Waals surface area (Å²) in [5, 5.41) is 12.9. The number of carboxylic acids is 1. The summed E-state index contributed by atoms with van der Waals surface area (Å²) in [6, 6.07) is 9.20. The molecule has 1 aromatic carbocycles. The van der Waals surface area contributed by atoms with Gasteiger partial charge < -0.3 is 10.4 Å². The largest absolute Gasteiger partial charge is 0.481 e. The second kappa shape index (κ2) is 6.77. The van der Waals surface area contributed by atoms with Crippen LogP contribution in [0.25, 0.3) is 10.9 Å². The number of carbonyl (C=O) groups is 2. The molecule has 1 heterocycles. The predicted octanol–water partition coefficient (Wildman–Crippen LogP) is 3.31. The second-order valence-corrected chi connectivity index (χ2v) is 5.84. The Morgan fingerprint density at radius 2 is 1.87 bits per heavy atom. The third-order valence-electron chi connectivity index (χ3n) is 4.31. The van der Waals surface area contributed by atoms with Crippen LogP contribution in [0.1, 0.15) is 49.2 Å². The summed E-state index contributed by atoms with van der Waals surface area (Å²) in [4.78, 5) is 28.4. The molecule has 0 aliphatic heterocycles. The molecule has 5 heteroatoms. The summed E-state index contributed by atoms with van der Waals surface area (Å²) >= 11 is 0. The molecule has 0 fully saturated rings. The fourth-order valence-electron chi connectivity index (χ4n) is 2.81. The lowest BCUT2D eigenvalue weighted by Gasteiger charge is -2.31. The summed E-state index contributed by atoms with van der Waals surface area (Å²) in [5.41, 5.74) is 1.31. The predicted molar refractivity (Wildman–Crippen MR) is 89.5 cm³/mol. The second-order valence-electron chi connectivity index (χ2n) is 5.84. The van der Waals surface area contributed by atoms with E-state index < -0.39 is 11.5 Å². The Morgan fingerprint density at radius 3 is 2.48 bits per heavy atom. The van der Waals surface area contributed by atoms with Crippen LogP contribution < -0.4 is 5.32 Å². The highest BCUT2D eigenvalue weighted by Gasteiger charge is 2.31. The van der Waals surface area contributed by atoms with Gasteiger partial charge in [0, 0.05) is 11.1 Å². The Labute approximate surface area is 135 Å². The molecule has 2 rings (SSSR count). The summed E-state index contributed by atoms with van der Waals surface area (Å²) in [6.07, 6.45) is 1.03. The van der Waals surface area contributed by atoms with Crippen molar-refractivity contribution in [2.24, 2.45) is 0 Å². The van der Waals surface area contributed by atoms with Crippen molar-refractivity contribution in [3.05, 3.63) is 41.6 Å². The lowest BCUT2D eigenvalue weighted by molar-refractivity contribution is -0.138. The van der Waals surface area contributed by atoms with Crippen LogP contribution in [0, 0.1) is 6.92 Å². The lowest BCUT2D eigenvalue weighted by atomic mass is 9.88. The van der Waals surface area contributed by atoms with Crippen molar-refractivity contribution in [2.75, 3.05) is 0 Å². The van der Waals surface area contributed by atoms with E-state index in [2.05, 4.69) is 10.3 Å². The zero-order valence-corrected chi connectivity index (χ0v) is 13.7. The number of fused-ring (bicyclic) bond motifs is 1. The average Bonchev–Trinajstić information content (AvgIpc) is 2.52. The molecule has 0 atom stereocenters. The molecule has 0 bridgehead atoms. The van der Waals surface area contributed by atoms with Gasteiger partial charge in [0.1, 0.15) is 0 Å². The fourth-order valence-corrected chi connectivity index (χ4v) is 2.81. The zero-order valence-electron chi connectivity index (χ0n) is 13.7. The minimum atomic E-state index is -0.912. The maximum Gasteiger partial charge on any atom is 0.305 e. The molecular formula is C18H22N2O3. The van der Waals surface area contributed by atoms with Gasteiger partial charge in [0.2, 0.25) is 0 Å². The van der Waals surface area contributed by atoms with Crippen LogP contribution in [0.5, 0.6) is 0 Å². The maximum absolute atomic E-state index is 12.8. The van der Waals surface area contributed by atoms with Gasteiger partial charge in [-0.1, -0.05) is 32.0 Å². The number of aryl methyl sites for hydroxylation is 1. The number of nitrogens with one attached hydrogen (secondary N) is 1. The van der Waals surface area contributed by atoms with Crippen LogP contribution in [0.2, 0.25) is 0 Å². The van der Waals surface area contributed by atoms with Crippen molar-refractivity contribution in [3.8, 4) is 0 Å². The Hall–Kier alpha value is -2.43.